The number of hydrogen-bond donors (Lipinski definition) is 2. The molecule has 2 N–H and O–H groups in total. The smallest absolute Gasteiger partial charge is 0.137 e. The Kier molecular flexibility index (Phi) is 3.19. The molecule has 0 spiro atoms. The number of nitrogens with zero attached hydrogens (tertiary/aromatic N) is 3. The van der Waals surface area contributed by atoms with Crippen LogP contribution in [0.5, 0.6) is 0 Å². The summed E-state index contributed by atoms with van der Waals surface area (Å²) in [6.07, 6.45) is 2.61. The summed E-state index contributed by atoms with van der Waals surface area (Å²) < 4.78 is 1.61. The Morgan fingerprint density at radius 2 is 2.42 bits per heavy atom. The van der Waals surface area contributed by atoms with Gasteiger partial charge in [0, 0.05) is 6.04 Å². The summed E-state index contributed by atoms with van der Waals surface area (Å²) in [6.45, 7) is 2.39. The molecule has 5 heteroatoms. The minimum absolute atomic E-state index is 0.0641. The molecule has 0 aliphatic heterocycles. The van der Waals surface area contributed by atoms with E-state index < -0.39 is 6.10 Å². The minimum Gasteiger partial charge on any atom is -0.390 e. The SMILES string of the molecule is CNC(C)C(O)Cn1cncn1. The van der Waals surface area contributed by atoms with Gasteiger partial charge in [-0.1, -0.05) is 0 Å². The number of aliphatic hydroxyl groups excluding tert-OH is 1. The third-order valence-electron chi connectivity index (χ3n) is 1.87. The number of rotatable bonds is 4. The van der Waals surface area contributed by atoms with E-state index >= 15 is 0 Å². The summed E-state index contributed by atoms with van der Waals surface area (Å²) in [5.74, 6) is 0. The summed E-state index contributed by atoms with van der Waals surface area (Å²) in [6, 6.07) is 0.0641. The largest absolute Gasteiger partial charge is 0.390 e. The molecule has 0 bridgehead atoms. The van der Waals surface area contributed by atoms with Crippen molar-refractivity contribution in [1.29, 1.82) is 0 Å². The summed E-state index contributed by atoms with van der Waals surface area (Å²) in [5.41, 5.74) is 0. The predicted octanol–water partition coefficient (Wildman–Crippen LogP) is -0.753. The normalized spacial score (nSPS) is 15.9. The van der Waals surface area contributed by atoms with Crippen LogP contribution in [0.25, 0.3) is 0 Å². The van der Waals surface area contributed by atoms with Gasteiger partial charge in [0.05, 0.1) is 12.6 Å². The van der Waals surface area contributed by atoms with Crippen molar-refractivity contribution in [1.82, 2.24) is 20.1 Å². The Hall–Kier alpha value is -0.940. The van der Waals surface area contributed by atoms with Gasteiger partial charge in [-0.2, -0.15) is 5.10 Å². The second kappa shape index (κ2) is 4.18. The van der Waals surface area contributed by atoms with E-state index in [-0.39, 0.29) is 6.04 Å². The van der Waals surface area contributed by atoms with Crippen molar-refractivity contribution in [3.8, 4) is 0 Å². The first kappa shape index (κ1) is 9.15. The average molecular weight is 170 g/mol. The van der Waals surface area contributed by atoms with Crippen LogP contribution in [0.4, 0.5) is 0 Å². The quantitative estimate of drug-likeness (QED) is 0.624. The third-order valence-corrected chi connectivity index (χ3v) is 1.87. The lowest BCUT2D eigenvalue weighted by Gasteiger charge is -2.17. The average Bonchev–Trinajstić information content (AvgIpc) is 2.55. The van der Waals surface area contributed by atoms with Crippen molar-refractivity contribution in [2.24, 2.45) is 0 Å². The standard InChI is InChI=1S/C7H14N4O/c1-6(8-2)7(12)3-11-5-9-4-10-11/h4-8,12H,3H2,1-2H3. The molecule has 2 atom stereocenters. The lowest BCUT2D eigenvalue weighted by atomic mass is 10.2. The second-order valence-electron chi connectivity index (χ2n) is 2.76. The van der Waals surface area contributed by atoms with Crippen LogP contribution >= 0.6 is 0 Å². The van der Waals surface area contributed by atoms with Crippen LogP contribution in [0.2, 0.25) is 0 Å². The molecule has 0 saturated heterocycles. The van der Waals surface area contributed by atoms with Crippen molar-refractivity contribution in [2.45, 2.75) is 25.6 Å². The maximum atomic E-state index is 9.54. The van der Waals surface area contributed by atoms with Gasteiger partial charge in [0.15, 0.2) is 0 Å². The first-order valence-corrected chi connectivity index (χ1v) is 3.91. The van der Waals surface area contributed by atoms with Crippen molar-refractivity contribution in [3.05, 3.63) is 12.7 Å². The molecule has 1 aromatic rings. The number of nitrogens with one attached hydrogen (secondary N) is 1. The van der Waals surface area contributed by atoms with Gasteiger partial charge in [-0.25, -0.2) is 4.98 Å². The van der Waals surface area contributed by atoms with Gasteiger partial charge in [-0.05, 0) is 14.0 Å². The van der Waals surface area contributed by atoms with Crippen molar-refractivity contribution < 1.29 is 5.11 Å². The zero-order valence-electron chi connectivity index (χ0n) is 7.31. The maximum absolute atomic E-state index is 9.54. The van der Waals surface area contributed by atoms with E-state index in [9.17, 15) is 5.11 Å². The molecule has 0 aliphatic carbocycles. The lowest BCUT2D eigenvalue weighted by Crippen LogP contribution is -2.37. The van der Waals surface area contributed by atoms with E-state index in [0.717, 1.165) is 0 Å². The fourth-order valence-corrected chi connectivity index (χ4v) is 0.869. The number of hydrogen-bond acceptors (Lipinski definition) is 4. The molecule has 2 unspecified atom stereocenters. The van der Waals surface area contributed by atoms with Crippen LogP contribution in [0.15, 0.2) is 12.7 Å². The fraction of sp³-hybridized carbons (Fsp3) is 0.714. The Balaban J connectivity index is 2.41. The van der Waals surface area contributed by atoms with Crippen molar-refractivity contribution in [3.63, 3.8) is 0 Å². The van der Waals surface area contributed by atoms with E-state index in [1.165, 1.54) is 6.33 Å². The molecule has 0 saturated carbocycles. The molecule has 0 aliphatic rings. The van der Waals surface area contributed by atoms with E-state index in [4.69, 9.17) is 0 Å². The van der Waals surface area contributed by atoms with Gasteiger partial charge in [0.2, 0.25) is 0 Å². The van der Waals surface area contributed by atoms with Crippen LogP contribution in [-0.4, -0.2) is 39.1 Å². The molecule has 68 valence electrons. The molecule has 0 fully saturated rings. The van der Waals surface area contributed by atoms with E-state index in [1.807, 2.05) is 14.0 Å². The molecular formula is C7H14N4O. The summed E-state index contributed by atoms with van der Waals surface area (Å²) in [4.78, 5) is 3.78. The van der Waals surface area contributed by atoms with Crippen molar-refractivity contribution >= 4 is 0 Å². The zero-order valence-corrected chi connectivity index (χ0v) is 7.31. The minimum atomic E-state index is -0.434. The van der Waals surface area contributed by atoms with Crippen LogP contribution in [-0.2, 0) is 6.54 Å². The van der Waals surface area contributed by atoms with Crippen LogP contribution in [0.3, 0.4) is 0 Å². The summed E-state index contributed by atoms with van der Waals surface area (Å²) >= 11 is 0. The third kappa shape index (κ3) is 2.28. The summed E-state index contributed by atoms with van der Waals surface area (Å²) in [5, 5.41) is 16.4. The van der Waals surface area contributed by atoms with Crippen LogP contribution in [0.1, 0.15) is 6.92 Å². The zero-order chi connectivity index (χ0) is 8.97. The maximum Gasteiger partial charge on any atom is 0.137 e. The lowest BCUT2D eigenvalue weighted by molar-refractivity contribution is 0.115. The molecule has 1 heterocycles. The highest BCUT2D eigenvalue weighted by Gasteiger charge is 2.12. The Bertz CT molecular complexity index is 211. The predicted molar refractivity (Wildman–Crippen MR) is 44.6 cm³/mol. The molecule has 12 heavy (non-hydrogen) atoms. The fourth-order valence-electron chi connectivity index (χ4n) is 0.869. The van der Waals surface area contributed by atoms with Gasteiger partial charge in [0.25, 0.3) is 0 Å². The number of aromatic nitrogens is 3. The Labute approximate surface area is 71.4 Å². The van der Waals surface area contributed by atoms with Gasteiger partial charge in [-0.15, -0.1) is 0 Å². The molecule has 1 aromatic heterocycles. The van der Waals surface area contributed by atoms with E-state index in [2.05, 4.69) is 15.4 Å². The van der Waals surface area contributed by atoms with E-state index in [1.54, 1.807) is 11.0 Å². The van der Waals surface area contributed by atoms with Gasteiger partial charge < -0.3 is 10.4 Å². The first-order chi connectivity index (χ1) is 5.74. The molecule has 1 rings (SSSR count). The Morgan fingerprint density at radius 1 is 1.67 bits per heavy atom. The number of likely N-dealkylation sites (N-methyl/N-ethyl adjacent to an activating group) is 1. The topological polar surface area (TPSA) is 63.0 Å². The molecular weight excluding hydrogens is 156 g/mol. The van der Waals surface area contributed by atoms with Crippen LogP contribution < -0.4 is 5.32 Å². The Morgan fingerprint density at radius 3 is 2.92 bits per heavy atom. The van der Waals surface area contributed by atoms with Crippen molar-refractivity contribution in [2.75, 3.05) is 7.05 Å². The summed E-state index contributed by atoms with van der Waals surface area (Å²) in [7, 11) is 1.81. The second-order valence-corrected chi connectivity index (χ2v) is 2.76. The monoisotopic (exact) mass is 170 g/mol. The van der Waals surface area contributed by atoms with Gasteiger partial charge in [0.1, 0.15) is 12.7 Å². The number of aliphatic hydroxyl groups is 1. The molecule has 0 aromatic carbocycles. The molecule has 0 radical (unpaired) electrons. The first-order valence-electron chi connectivity index (χ1n) is 3.91. The molecule has 0 amide bonds. The highest BCUT2D eigenvalue weighted by molar-refractivity contribution is 4.70. The highest BCUT2D eigenvalue weighted by Crippen LogP contribution is 1.94. The molecule has 5 nitrogen and oxygen atoms in total. The highest BCUT2D eigenvalue weighted by atomic mass is 16.3. The van der Waals surface area contributed by atoms with Crippen LogP contribution in [0, 0.1) is 0 Å². The van der Waals surface area contributed by atoms with E-state index in [0.29, 0.717) is 6.54 Å². The van der Waals surface area contributed by atoms with Gasteiger partial charge in [-0.3, -0.25) is 4.68 Å². The van der Waals surface area contributed by atoms with Gasteiger partial charge >= 0.3 is 0 Å².